The number of pyridine rings is 1. The number of carbonyl (C=O) groups excluding carboxylic acids is 1. The molecule has 3 nitrogen and oxygen atoms in total. The number of nitrogens with zero attached hydrogens (tertiary/aromatic N) is 1. The van der Waals surface area contributed by atoms with Gasteiger partial charge in [-0.2, -0.15) is 0 Å². The van der Waals surface area contributed by atoms with Gasteiger partial charge in [-0.25, -0.2) is 4.98 Å². The van der Waals surface area contributed by atoms with Gasteiger partial charge >= 0.3 is 0 Å². The van der Waals surface area contributed by atoms with Gasteiger partial charge in [0, 0.05) is 6.42 Å². The molecule has 4 heteroatoms. The standard InChI is InChI=1S/C14H21BrN2O/c1-9-6-11(8-16-13(9)15)17-12(18)7-10(2)14(3,4)5/h6,8,10H,7H2,1-5H3,(H,17,18). The van der Waals surface area contributed by atoms with Crippen LogP contribution in [0.2, 0.25) is 0 Å². The average molecular weight is 313 g/mol. The largest absolute Gasteiger partial charge is 0.325 e. The first-order chi connectivity index (χ1) is 8.20. The number of hydrogen-bond donors (Lipinski definition) is 1. The first kappa shape index (κ1) is 15.2. The number of nitrogens with one attached hydrogen (secondary N) is 1. The summed E-state index contributed by atoms with van der Waals surface area (Å²) in [5, 5.41) is 2.89. The highest BCUT2D eigenvalue weighted by Crippen LogP contribution is 2.28. The molecule has 0 spiro atoms. The maximum atomic E-state index is 11.9. The van der Waals surface area contributed by atoms with E-state index in [9.17, 15) is 4.79 Å². The van der Waals surface area contributed by atoms with E-state index in [2.05, 4.69) is 53.9 Å². The molecule has 1 aromatic rings. The van der Waals surface area contributed by atoms with Crippen LogP contribution in [0.3, 0.4) is 0 Å². The van der Waals surface area contributed by atoms with Crippen molar-refractivity contribution in [3.05, 3.63) is 22.4 Å². The lowest BCUT2D eigenvalue weighted by molar-refractivity contribution is -0.117. The fraction of sp³-hybridized carbons (Fsp3) is 0.571. The fourth-order valence-electron chi connectivity index (χ4n) is 1.42. The molecular weight excluding hydrogens is 292 g/mol. The Morgan fingerprint density at radius 3 is 2.61 bits per heavy atom. The molecule has 1 heterocycles. The number of halogens is 1. The zero-order valence-electron chi connectivity index (χ0n) is 11.7. The summed E-state index contributed by atoms with van der Waals surface area (Å²) in [7, 11) is 0. The summed E-state index contributed by atoms with van der Waals surface area (Å²) in [4.78, 5) is 16.1. The van der Waals surface area contributed by atoms with Gasteiger partial charge in [-0.3, -0.25) is 4.79 Å². The molecule has 0 saturated carbocycles. The Morgan fingerprint density at radius 2 is 2.11 bits per heavy atom. The van der Waals surface area contributed by atoms with Gasteiger partial charge < -0.3 is 5.32 Å². The van der Waals surface area contributed by atoms with Crippen LogP contribution in [0.1, 0.15) is 39.7 Å². The maximum Gasteiger partial charge on any atom is 0.224 e. The molecule has 0 aliphatic heterocycles. The zero-order valence-corrected chi connectivity index (χ0v) is 13.3. The highest BCUT2D eigenvalue weighted by Gasteiger charge is 2.22. The van der Waals surface area contributed by atoms with Gasteiger partial charge in [0.05, 0.1) is 11.9 Å². The van der Waals surface area contributed by atoms with Crippen LogP contribution in [-0.4, -0.2) is 10.9 Å². The summed E-state index contributed by atoms with van der Waals surface area (Å²) >= 11 is 3.34. The Bertz CT molecular complexity index is 438. The molecule has 1 rings (SSSR count). The van der Waals surface area contributed by atoms with Crippen molar-refractivity contribution < 1.29 is 4.79 Å². The number of carbonyl (C=O) groups is 1. The van der Waals surface area contributed by atoms with E-state index in [1.165, 1.54) is 0 Å². The van der Waals surface area contributed by atoms with E-state index < -0.39 is 0 Å². The van der Waals surface area contributed by atoms with Crippen molar-refractivity contribution in [3.8, 4) is 0 Å². The van der Waals surface area contributed by atoms with Gasteiger partial charge in [0.2, 0.25) is 5.91 Å². The molecule has 0 aliphatic carbocycles. The molecule has 18 heavy (non-hydrogen) atoms. The Hall–Kier alpha value is -0.900. The van der Waals surface area contributed by atoms with Crippen molar-refractivity contribution in [1.29, 1.82) is 0 Å². The molecule has 100 valence electrons. The first-order valence-electron chi connectivity index (χ1n) is 6.12. The lowest BCUT2D eigenvalue weighted by atomic mass is 9.80. The monoisotopic (exact) mass is 312 g/mol. The third-order valence-corrected chi connectivity index (χ3v) is 4.10. The normalized spacial score (nSPS) is 13.2. The van der Waals surface area contributed by atoms with Crippen LogP contribution in [0.4, 0.5) is 5.69 Å². The van der Waals surface area contributed by atoms with Crippen LogP contribution in [0.15, 0.2) is 16.9 Å². The third-order valence-electron chi connectivity index (χ3n) is 3.27. The molecule has 1 N–H and O–H groups in total. The molecule has 0 saturated heterocycles. The van der Waals surface area contributed by atoms with Crippen molar-refractivity contribution >= 4 is 27.5 Å². The number of hydrogen-bond acceptors (Lipinski definition) is 2. The third kappa shape index (κ3) is 4.41. The van der Waals surface area contributed by atoms with Gasteiger partial charge in [-0.05, 0) is 45.8 Å². The van der Waals surface area contributed by atoms with E-state index in [0.29, 0.717) is 12.3 Å². The van der Waals surface area contributed by atoms with E-state index >= 15 is 0 Å². The molecule has 0 fully saturated rings. The smallest absolute Gasteiger partial charge is 0.224 e. The van der Waals surface area contributed by atoms with E-state index in [0.717, 1.165) is 15.9 Å². The van der Waals surface area contributed by atoms with Crippen LogP contribution in [0, 0.1) is 18.3 Å². The minimum Gasteiger partial charge on any atom is -0.325 e. The Labute approximate surface area is 118 Å². The van der Waals surface area contributed by atoms with Crippen LogP contribution >= 0.6 is 15.9 Å². The summed E-state index contributed by atoms with van der Waals surface area (Å²) in [6, 6.07) is 1.91. The van der Waals surface area contributed by atoms with Crippen LogP contribution < -0.4 is 5.32 Å². The lowest BCUT2D eigenvalue weighted by Crippen LogP contribution is -2.24. The first-order valence-corrected chi connectivity index (χ1v) is 6.91. The van der Waals surface area contributed by atoms with Crippen molar-refractivity contribution in [2.75, 3.05) is 5.32 Å². The predicted octanol–water partition coefficient (Wildman–Crippen LogP) is 4.16. The summed E-state index contributed by atoms with van der Waals surface area (Å²) in [6.07, 6.45) is 2.19. The number of aryl methyl sites for hydroxylation is 1. The Kier molecular flexibility index (Phi) is 4.91. The molecule has 0 aliphatic rings. The number of amides is 1. The second-order valence-electron chi connectivity index (χ2n) is 5.85. The van der Waals surface area contributed by atoms with E-state index in [-0.39, 0.29) is 11.3 Å². The number of rotatable bonds is 3. The zero-order chi connectivity index (χ0) is 13.9. The predicted molar refractivity (Wildman–Crippen MR) is 78.5 cm³/mol. The van der Waals surface area contributed by atoms with Gasteiger partial charge in [0.25, 0.3) is 0 Å². The number of aromatic nitrogens is 1. The summed E-state index contributed by atoms with van der Waals surface area (Å²) < 4.78 is 0.809. The van der Waals surface area contributed by atoms with Gasteiger partial charge in [-0.15, -0.1) is 0 Å². The molecular formula is C14H21BrN2O. The van der Waals surface area contributed by atoms with Crippen molar-refractivity contribution in [3.63, 3.8) is 0 Å². The molecule has 1 atom stereocenters. The second-order valence-corrected chi connectivity index (χ2v) is 6.60. The SMILES string of the molecule is Cc1cc(NC(=O)CC(C)C(C)(C)C)cnc1Br. The molecule has 1 amide bonds. The van der Waals surface area contributed by atoms with Gasteiger partial charge in [0.1, 0.15) is 4.60 Å². The maximum absolute atomic E-state index is 11.9. The van der Waals surface area contributed by atoms with E-state index in [1.807, 2.05) is 13.0 Å². The quantitative estimate of drug-likeness (QED) is 0.851. The van der Waals surface area contributed by atoms with Crippen molar-refractivity contribution in [1.82, 2.24) is 4.98 Å². The summed E-state index contributed by atoms with van der Waals surface area (Å²) in [5.74, 6) is 0.378. The Morgan fingerprint density at radius 1 is 1.50 bits per heavy atom. The van der Waals surface area contributed by atoms with Crippen LogP contribution in [0.5, 0.6) is 0 Å². The average Bonchev–Trinajstić information content (AvgIpc) is 2.22. The highest BCUT2D eigenvalue weighted by molar-refractivity contribution is 9.10. The summed E-state index contributed by atoms with van der Waals surface area (Å²) in [6.45, 7) is 10.5. The van der Waals surface area contributed by atoms with E-state index in [1.54, 1.807) is 6.20 Å². The van der Waals surface area contributed by atoms with Crippen LogP contribution in [0.25, 0.3) is 0 Å². The van der Waals surface area contributed by atoms with E-state index in [4.69, 9.17) is 0 Å². The molecule has 1 aromatic heterocycles. The molecule has 1 unspecified atom stereocenters. The van der Waals surface area contributed by atoms with Crippen molar-refractivity contribution in [2.45, 2.75) is 41.0 Å². The fourth-order valence-corrected chi connectivity index (χ4v) is 1.64. The minimum atomic E-state index is 0.0425. The van der Waals surface area contributed by atoms with Crippen LogP contribution in [-0.2, 0) is 4.79 Å². The molecule has 0 aromatic carbocycles. The molecule has 0 radical (unpaired) electrons. The topological polar surface area (TPSA) is 42.0 Å². The van der Waals surface area contributed by atoms with Gasteiger partial charge in [-0.1, -0.05) is 27.7 Å². The second kappa shape index (κ2) is 5.83. The highest BCUT2D eigenvalue weighted by atomic mass is 79.9. The Balaban J connectivity index is 2.62. The minimum absolute atomic E-state index is 0.0425. The van der Waals surface area contributed by atoms with Crippen molar-refractivity contribution in [2.24, 2.45) is 11.3 Å². The molecule has 0 bridgehead atoms. The number of anilines is 1. The van der Waals surface area contributed by atoms with Gasteiger partial charge in [0.15, 0.2) is 0 Å². The lowest BCUT2D eigenvalue weighted by Gasteiger charge is -2.26. The summed E-state index contributed by atoms with van der Waals surface area (Å²) in [5.41, 5.74) is 1.91.